The van der Waals surface area contributed by atoms with Gasteiger partial charge in [-0.3, -0.25) is 9.59 Å². The number of likely N-dealkylation sites (N-methyl/N-ethyl adjacent to an activating group) is 1. The van der Waals surface area contributed by atoms with Crippen molar-refractivity contribution < 1.29 is 9.59 Å². The van der Waals surface area contributed by atoms with Gasteiger partial charge in [0, 0.05) is 20.1 Å². The zero-order valence-electron chi connectivity index (χ0n) is 10.9. The van der Waals surface area contributed by atoms with Gasteiger partial charge in [-0.2, -0.15) is 0 Å². The van der Waals surface area contributed by atoms with Crippen LogP contribution in [0.1, 0.15) is 17.4 Å². The van der Waals surface area contributed by atoms with E-state index in [1.165, 1.54) is 0 Å². The molecule has 0 radical (unpaired) electrons. The molecule has 0 bridgehead atoms. The molecule has 1 unspecified atom stereocenters. The van der Waals surface area contributed by atoms with Crippen LogP contribution in [0.4, 0.5) is 0 Å². The molecule has 1 aliphatic heterocycles. The third kappa shape index (κ3) is 3.26. The summed E-state index contributed by atoms with van der Waals surface area (Å²) in [4.78, 5) is 27.3. The topological polar surface area (TPSA) is 40.6 Å². The molecule has 0 spiro atoms. The normalized spacial score (nSPS) is 18.1. The first-order valence-electron chi connectivity index (χ1n) is 6.31. The number of hydrogen-bond acceptors (Lipinski definition) is 2. The average molecular weight is 281 g/mol. The predicted octanol–water partition coefficient (Wildman–Crippen LogP) is 1.66. The second-order valence-electron chi connectivity index (χ2n) is 4.70. The number of rotatable bonds is 2. The van der Waals surface area contributed by atoms with Gasteiger partial charge in [0.25, 0.3) is 0 Å². The number of halogens is 1. The van der Waals surface area contributed by atoms with Crippen molar-refractivity contribution in [1.29, 1.82) is 0 Å². The highest BCUT2D eigenvalue weighted by molar-refractivity contribution is 6.30. The quantitative estimate of drug-likeness (QED) is 0.773. The van der Waals surface area contributed by atoms with Gasteiger partial charge >= 0.3 is 0 Å². The Kier molecular flexibility index (Phi) is 4.43. The Hall–Kier alpha value is -1.55. The highest BCUT2D eigenvalue weighted by Gasteiger charge is 2.28. The summed E-state index contributed by atoms with van der Waals surface area (Å²) in [5.41, 5.74) is 0.763. The predicted molar refractivity (Wildman–Crippen MR) is 73.9 cm³/mol. The van der Waals surface area contributed by atoms with Crippen molar-refractivity contribution >= 4 is 23.4 Å². The van der Waals surface area contributed by atoms with E-state index in [1.54, 1.807) is 16.8 Å². The van der Waals surface area contributed by atoms with E-state index in [-0.39, 0.29) is 18.4 Å². The SMILES string of the molecule is CN1CCCN(C(=O)C(Cl)c2ccccc2)CC1=O. The van der Waals surface area contributed by atoms with Crippen LogP contribution in [0.15, 0.2) is 30.3 Å². The Balaban J connectivity index is 2.09. The Bertz CT molecular complexity index is 464. The van der Waals surface area contributed by atoms with Crippen LogP contribution in [0.3, 0.4) is 0 Å². The molecule has 5 heteroatoms. The summed E-state index contributed by atoms with van der Waals surface area (Å²) in [7, 11) is 1.76. The number of benzene rings is 1. The van der Waals surface area contributed by atoms with Crippen LogP contribution in [0.2, 0.25) is 0 Å². The molecule has 0 N–H and O–H groups in total. The summed E-state index contributed by atoms with van der Waals surface area (Å²) in [6.07, 6.45) is 0.784. The molecule has 0 aliphatic carbocycles. The molecule has 1 heterocycles. The van der Waals surface area contributed by atoms with Gasteiger partial charge in [0.2, 0.25) is 11.8 Å². The first-order chi connectivity index (χ1) is 9.09. The lowest BCUT2D eigenvalue weighted by molar-refractivity contribution is -0.137. The minimum absolute atomic E-state index is 0.0391. The Morgan fingerprint density at radius 1 is 1.26 bits per heavy atom. The molecule has 1 aromatic rings. The number of alkyl halides is 1. The number of amides is 2. The summed E-state index contributed by atoms with van der Waals surface area (Å²) in [5, 5.41) is -0.725. The third-order valence-corrected chi connectivity index (χ3v) is 3.73. The molecule has 0 aromatic heterocycles. The molecule has 0 saturated carbocycles. The van der Waals surface area contributed by atoms with Crippen LogP contribution in [0.5, 0.6) is 0 Å². The van der Waals surface area contributed by atoms with E-state index >= 15 is 0 Å². The van der Waals surface area contributed by atoms with E-state index in [4.69, 9.17) is 11.6 Å². The van der Waals surface area contributed by atoms with Gasteiger partial charge in [-0.25, -0.2) is 0 Å². The minimum Gasteiger partial charge on any atom is -0.344 e. The van der Waals surface area contributed by atoms with Gasteiger partial charge in [0.1, 0.15) is 5.38 Å². The molecular weight excluding hydrogens is 264 g/mol. The van der Waals surface area contributed by atoms with E-state index in [1.807, 2.05) is 30.3 Å². The van der Waals surface area contributed by atoms with E-state index in [2.05, 4.69) is 0 Å². The summed E-state index contributed by atoms with van der Waals surface area (Å²) < 4.78 is 0. The molecule has 1 atom stereocenters. The molecule has 1 saturated heterocycles. The average Bonchev–Trinajstić information content (AvgIpc) is 2.60. The van der Waals surface area contributed by atoms with Crippen LogP contribution in [-0.4, -0.2) is 48.3 Å². The lowest BCUT2D eigenvalue weighted by Crippen LogP contribution is -2.39. The number of nitrogens with zero attached hydrogens (tertiary/aromatic N) is 2. The van der Waals surface area contributed by atoms with Crippen LogP contribution < -0.4 is 0 Å². The monoisotopic (exact) mass is 280 g/mol. The van der Waals surface area contributed by atoms with E-state index in [0.717, 1.165) is 12.0 Å². The number of hydrogen-bond donors (Lipinski definition) is 0. The van der Waals surface area contributed by atoms with Crippen molar-refractivity contribution in [2.24, 2.45) is 0 Å². The summed E-state index contributed by atoms with van der Waals surface area (Å²) in [6, 6.07) is 9.21. The number of carbonyl (C=O) groups is 2. The van der Waals surface area contributed by atoms with Crippen LogP contribution >= 0.6 is 11.6 Å². The van der Waals surface area contributed by atoms with Crippen molar-refractivity contribution in [3.05, 3.63) is 35.9 Å². The van der Waals surface area contributed by atoms with Crippen molar-refractivity contribution in [2.45, 2.75) is 11.8 Å². The van der Waals surface area contributed by atoms with Crippen molar-refractivity contribution in [1.82, 2.24) is 9.80 Å². The highest BCUT2D eigenvalue weighted by Crippen LogP contribution is 2.23. The maximum Gasteiger partial charge on any atom is 0.245 e. The van der Waals surface area contributed by atoms with E-state index < -0.39 is 5.38 Å². The summed E-state index contributed by atoms with van der Waals surface area (Å²) >= 11 is 6.21. The molecule has 102 valence electrons. The first kappa shape index (κ1) is 13.9. The van der Waals surface area contributed by atoms with E-state index in [0.29, 0.717) is 13.1 Å². The van der Waals surface area contributed by atoms with E-state index in [9.17, 15) is 9.59 Å². The van der Waals surface area contributed by atoms with Gasteiger partial charge in [0.05, 0.1) is 6.54 Å². The van der Waals surface area contributed by atoms with Crippen molar-refractivity contribution in [3.8, 4) is 0 Å². The lowest BCUT2D eigenvalue weighted by Gasteiger charge is -2.22. The van der Waals surface area contributed by atoms with Gasteiger partial charge in [-0.05, 0) is 12.0 Å². The zero-order chi connectivity index (χ0) is 13.8. The fraction of sp³-hybridized carbons (Fsp3) is 0.429. The molecule has 19 heavy (non-hydrogen) atoms. The minimum atomic E-state index is -0.725. The molecule has 1 aliphatic rings. The lowest BCUT2D eigenvalue weighted by atomic mass is 10.1. The summed E-state index contributed by atoms with van der Waals surface area (Å²) in [5.74, 6) is -0.237. The molecule has 1 fully saturated rings. The molecule has 4 nitrogen and oxygen atoms in total. The Morgan fingerprint density at radius 2 is 1.95 bits per heavy atom. The van der Waals surface area contributed by atoms with Crippen LogP contribution in [0, 0.1) is 0 Å². The van der Waals surface area contributed by atoms with Gasteiger partial charge in [-0.1, -0.05) is 30.3 Å². The second kappa shape index (κ2) is 6.06. The van der Waals surface area contributed by atoms with Gasteiger partial charge in [0.15, 0.2) is 0 Å². The first-order valence-corrected chi connectivity index (χ1v) is 6.75. The van der Waals surface area contributed by atoms with Crippen LogP contribution in [-0.2, 0) is 9.59 Å². The van der Waals surface area contributed by atoms with Gasteiger partial charge in [-0.15, -0.1) is 11.6 Å². The molecular formula is C14H17ClN2O2. The van der Waals surface area contributed by atoms with Gasteiger partial charge < -0.3 is 9.80 Å². The third-order valence-electron chi connectivity index (χ3n) is 3.29. The zero-order valence-corrected chi connectivity index (χ0v) is 11.6. The molecule has 2 amide bonds. The highest BCUT2D eigenvalue weighted by atomic mass is 35.5. The molecule has 1 aromatic carbocycles. The second-order valence-corrected chi connectivity index (χ2v) is 5.14. The summed E-state index contributed by atoms with van der Waals surface area (Å²) in [6.45, 7) is 1.37. The standard InChI is InChI=1S/C14H17ClN2O2/c1-16-8-5-9-17(10-12(16)18)14(19)13(15)11-6-3-2-4-7-11/h2-4,6-7,13H,5,8-10H2,1H3. The van der Waals surface area contributed by atoms with Crippen LogP contribution in [0.25, 0.3) is 0 Å². The number of carbonyl (C=O) groups excluding carboxylic acids is 2. The fourth-order valence-corrected chi connectivity index (χ4v) is 2.38. The smallest absolute Gasteiger partial charge is 0.245 e. The Morgan fingerprint density at radius 3 is 2.63 bits per heavy atom. The Labute approximate surface area is 117 Å². The van der Waals surface area contributed by atoms with Crippen molar-refractivity contribution in [3.63, 3.8) is 0 Å². The molecule has 2 rings (SSSR count). The van der Waals surface area contributed by atoms with Crippen molar-refractivity contribution in [2.75, 3.05) is 26.7 Å². The largest absolute Gasteiger partial charge is 0.344 e. The fourth-order valence-electron chi connectivity index (χ4n) is 2.10. The maximum atomic E-state index is 12.3. The maximum absolute atomic E-state index is 12.3.